The predicted octanol–water partition coefficient (Wildman–Crippen LogP) is 2.98. The second kappa shape index (κ2) is 11.0. The molecule has 0 radical (unpaired) electrons. The molecule has 2 atom stereocenters. The van der Waals surface area contributed by atoms with Gasteiger partial charge in [-0.25, -0.2) is 4.79 Å². The van der Waals surface area contributed by atoms with Gasteiger partial charge in [-0.05, 0) is 54.3 Å². The number of urea groups is 1. The van der Waals surface area contributed by atoms with Crippen molar-refractivity contribution in [2.75, 3.05) is 36.5 Å². The highest BCUT2D eigenvalue weighted by atomic mass is 16.5. The monoisotopic (exact) mass is 426 g/mol. The van der Waals surface area contributed by atoms with Gasteiger partial charge in [0.05, 0.1) is 18.8 Å². The van der Waals surface area contributed by atoms with Gasteiger partial charge in [-0.15, -0.1) is 0 Å². The molecule has 1 fully saturated rings. The van der Waals surface area contributed by atoms with Crippen molar-refractivity contribution in [1.82, 2.24) is 5.32 Å². The number of aliphatic hydroxyl groups is 1. The number of carbonyl (C=O) groups excluding carboxylic acids is 1. The molecule has 7 heteroatoms. The molecule has 0 aliphatic carbocycles. The van der Waals surface area contributed by atoms with E-state index < -0.39 is 12.1 Å². The van der Waals surface area contributed by atoms with Crippen LogP contribution in [0.25, 0.3) is 0 Å². The van der Waals surface area contributed by atoms with Crippen LogP contribution in [0.5, 0.6) is 5.75 Å². The largest absolute Gasteiger partial charge is 0.493 e. The molecule has 0 bridgehead atoms. The molecule has 3 rings (SSSR count). The third-order valence-corrected chi connectivity index (χ3v) is 5.42. The highest BCUT2D eigenvalue weighted by Gasteiger charge is 2.25. The van der Waals surface area contributed by atoms with Crippen molar-refractivity contribution in [2.45, 2.75) is 38.8 Å². The molecule has 5 N–H and O–H groups in total. The molecule has 2 aromatic carbocycles. The number of amides is 2. The van der Waals surface area contributed by atoms with E-state index in [0.29, 0.717) is 30.4 Å². The summed E-state index contributed by atoms with van der Waals surface area (Å²) in [5.41, 5.74) is 8.28. The first-order chi connectivity index (χ1) is 14.9. The number of nitrogens with zero attached hydrogens (tertiary/aromatic N) is 1. The number of nitrogens with two attached hydrogens (primary N) is 1. The molecule has 168 valence electrons. The minimum absolute atomic E-state index is 0.00478. The summed E-state index contributed by atoms with van der Waals surface area (Å²) in [5.74, 6) is 1.33. The topological polar surface area (TPSA) is 99.8 Å². The molecule has 1 aliphatic rings. The number of carbonyl (C=O) groups is 1. The minimum atomic E-state index is -0.600. The first-order valence-corrected chi connectivity index (χ1v) is 11.0. The molecule has 2 aromatic rings. The second-order valence-corrected chi connectivity index (χ2v) is 8.49. The van der Waals surface area contributed by atoms with Crippen LogP contribution in [0.15, 0.2) is 48.5 Å². The first kappa shape index (κ1) is 22.9. The molecule has 1 saturated heterocycles. The quantitative estimate of drug-likeness (QED) is 0.494. The van der Waals surface area contributed by atoms with E-state index in [9.17, 15) is 9.90 Å². The van der Waals surface area contributed by atoms with Crippen molar-refractivity contribution < 1.29 is 14.6 Å². The van der Waals surface area contributed by atoms with Gasteiger partial charge in [0.15, 0.2) is 0 Å². The second-order valence-electron chi connectivity index (χ2n) is 8.49. The first-order valence-electron chi connectivity index (χ1n) is 11.0. The summed E-state index contributed by atoms with van der Waals surface area (Å²) in [6.45, 7) is 7.40. The van der Waals surface area contributed by atoms with Crippen LogP contribution in [-0.2, 0) is 6.42 Å². The molecule has 1 heterocycles. The molecule has 7 nitrogen and oxygen atoms in total. The number of nitrogens with one attached hydrogen (secondary N) is 2. The van der Waals surface area contributed by atoms with E-state index in [1.54, 1.807) is 24.3 Å². The molecule has 0 spiro atoms. The average Bonchev–Trinajstić information content (AvgIpc) is 2.75. The van der Waals surface area contributed by atoms with Gasteiger partial charge in [0.2, 0.25) is 0 Å². The van der Waals surface area contributed by atoms with Gasteiger partial charge in [-0.3, -0.25) is 0 Å². The molecule has 0 aromatic heterocycles. The standard InChI is InChI=1S/C24H34N4O3/c1-17(2)15-18-3-7-20(8-4-18)28-13-12-26-22(16-28)23(29)11-14-31-21-9-5-19(6-10-21)27-24(25)30/h3-10,17,22-23,26,29H,11-16H2,1-2H3,(H3,25,27,30)/t22-,23-/m0/s1. The molecular weight excluding hydrogens is 392 g/mol. The lowest BCUT2D eigenvalue weighted by Crippen LogP contribution is -2.56. The van der Waals surface area contributed by atoms with Crippen molar-refractivity contribution in [3.05, 3.63) is 54.1 Å². The molecule has 0 unspecified atom stereocenters. The SMILES string of the molecule is CC(C)Cc1ccc(N2CCN[C@H]([C@@H](O)CCOc3ccc(NC(N)=O)cc3)C2)cc1. The van der Waals surface area contributed by atoms with Crippen molar-refractivity contribution in [2.24, 2.45) is 11.7 Å². The number of aliphatic hydroxyl groups excluding tert-OH is 1. The van der Waals surface area contributed by atoms with Crippen molar-refractivity contribution in [3.8, 4) is 5.75 Å². The highest BCUT2D eigenvalue weighted by Crippen LogP contribution is 2.20. The van der Waals surface area contributed by atoms with Gasteiger partial charge in [0.25, 0.3) is 0 Å². The van der Waals surface area contributed by atoms with Gasteiger partial charge in [-0.2, -0.15) is 0 Å². The normalized spacial score (nSPS) is 17.4. The van der Waals surface area contributed by atoms with Crippen LogP contribution >= 0.6 is 0 Å². The Morgan fingerprint density at radius 2 is 1.94 bits per heavy atom. The number of benzene rings is 2. The van der Waals surface area contributed by atoms with E-state index in [0.717, 1.165) is 26.1 Å². The van der Waals surface area contributed by atoms with Crippen molar-refractivity contribution in [3.63, 3.8) is 0 Å². The van der Waals surface area contributed by atoms with E-state index in [4.69, 9.17) is 10.5 Å². The lowest BCUT2D eigenvalue weighted by Gasteiger charge is -2.37. The fourth-order valence-electron chi connectivity index (χ4n) is 3.86. The van der Waals surface area contributed by atoms with Gasteiger partial charge in [-0.1, -0.05) is 26.0 Å². The van der Waals surface area contributed by atoms with E-state index >= 15 is 0 Å². The molecule has 2 amide bonds. The number of ether oxygens (including phenoxy) is 1. The maximum Gasteiger partial charge on any atom is 0.316 e. The Morgan fingerprint density at radius 1 is 1.23 bits per heavy atom. The summed E-state index contributed by atoms with van der Waals surface area (Å²) in [7, 11) is 0. The summed E-state index contributed by atoms with van der Waals surface area (Å²) in [5, 5.41) is 16.6. The van der Waals surface area contributed by atoms with Crippen molar-refractivity contribution >= 4 is 17.4 Å². The summed E-state index contributed by atoms with van der Waals surface area (Å²) in [4.78, 5) is 13.2. The molecular formula is C24H34N4O3. The van der Waals surface area contributed by atoms with Crippen LogP contribution in [0.1, 0.15) is 25.8 Å². The van der Waals surface area contributed by atoms with Gasteiger partial charge >= 0.3 is 6.03 Å². The highest BCUT2D eigenvalue weighted by molar-refractivity contribution is 5.87. The third kappa shape index (κ3) is 7.15. The average molecular weight is 427 g/mol. The summed E-state index contributed by atoms with van der Waals surface area (Å²) in [6.07, 6.45) is 1.12. The number of anilines is 2. The smallest absolute Gasteiger partial charge is 0.316 e. The van der Waals surface area contributed by atoms with E-state index in [2.05, 4.69) is 53.6 Å². The van der Waals surface area contributed by atoms with Crippen LogP contribution in [0, 0.1) is 5.92 Å². The predicted molar refractivity (Wildman–Crippen MR) is 125 cm³/mol. The molecule has 31 heavy (non-hydrogen) atoms. The van der Waals surface area contributed by atoms with Gasteiger partial charge < -0.3 is 31.1 Å². The van der Waals surface area contributed by atoms with Gasteiger partial charge in [0.1, 0.15) is 5.75 Å². The Morgan fingerprint density at radius 3 is 2.58 bits per heavy atom. The van der Waals surface area contributed by atoms with Crippen molar-refractivity contribution in [1.29, 1.82) is 0 Å². The molecule has 1 aliphatic heterocycles. The number of primary amides is 1. The fraction of sp³-hybridized carbons (Fsp3) is 0.458. The zero-order chi connectivity index (χ0) is 22.2. The maximum absolute atomic E-state index is 10.9. The fourth-order valence-corrected chi connectivity index (χ4v) is 3.86. The number of hydrogen-bond acceptors (Lipinski definition) is 5. The summed E-state index contributed by atoms with van der Waals surface area (Å²) >= 11 is 0. The summed E-state index contributed by atoms with van der Waals surface area (Å²) in [6, 6.07) is 15.2. The lowest BCUT2D eigenvalue weighted by molar-refractivity contribution is 0.0977. The summed E-state index contributed by atoms with van der Waals surface area (Å²) < 4.78 is 5.74. The Labute approximate surface area is 184 Å². The van der Waals surface area contributed by atoms with Gasteiger partial charge in [0, 0.05) is 37.4 Å². The van der Waals surface area contributed by atoms with E-state index in [1.807, 2.05) is 0 Å². The third-order valence-electron chi connectivity index (χ3n) is 5.42. The number of piperazine rings is 1. The Bertz CT molecular complexity index is 824. The lowest BCUT2D eigenvalue weighted by atomic mass is 10.0. The minimum Gasteiger partial charge on any atom is -0.493 e. The van der Waals surface area contributed by atoms with Crippen LogP contribution in [-0.4, -0.2) is 49.5 Å². The Balaban J connectivity index is 1.46. The Kier molecular flexibility index (Phi) is 8.14. The van der Waals surface area contributed by atoms with E-state index in [-0.39, 0.29) is 6.04 Å². The zero-order valence-electron chi connectivity index (χ0n) is 18.4. The number of rotatable bonds is 9. The maximum atomic E-state index is 10.9. The van der Waals surface area contributed by atoms with Crippen LogP contribution in [0.3, 0.4) is 0 Å². The zero-order valence-corrected chi connectivity index (χ0v) is 18.4. The van der Waals surface area contributed by atoms with Crippen LogP contribution in [0.2, 0.25) is 0 Å². The van der Waals surface area contributed by atoms with Crippen LogP contribution in [0.4, 0.5) is 16.2 Å². The van der Waals surface area contributed by atoms with Crippen LogP contribution < -0.4 is 26.0 Å². The molecule has 0 saturated carbocycles. The number of hydrogen-bond donors (Lipinski definition) is 4. The Hall–Kier alpha value is -2.77. The van der Waals surface area contributed by atoms with E-state index in [1.165, 1.54) is 11.3 Å².